The molecule has 0 saturated heterocycles. The number of rotatable bonds is 7. The SMILES string of the molecule is COc1ccc(NC(=O)c2ccc(OCc3ccccc3)c(OC)c2)cc1O. The Kier molecular flexibility index (Phi) is 6.01. The summed E-state index contributed by atoms with van der Waals surface area (Å²) in [6.07, 6.45) is 0. The fourth-order valence-corrected chi connectivity index (χ4v) is 2.63. The third kappa shape index (κ3) is 4.54. The summed E-state index contributed by atoms with van der Waals surface area (Å²) in [5.74, 6) is 0.950. The van der Waals surface area contributed by atoms with Gasteiger partial charge in [0, 0.05) is 17.3 Å². The minimum atomic E-state index is -0.336. The molecule has 3 aromatic rings. The number of methoxy groups -OCH3 is 2. The smallest absolute Gasteiger partial charge is 0.255 e. The standard InChI is InChI=1S/C22H21NO5/c1-26-19-11-9-17(13-18(19)24)23-22(25)16-8-10-20(21(12-16)27-2)28-14-15-6-4-3-5-7-15/h3-13,24H,14H2,1-2H3,(H,23,25). The lowest BCUT2D eigenvalue weighted by Crippen LogP contribution is -2.12. The Hall–Kier alpha value is -3.67. The lowest BCUT2D eigenvalue weighted by molar-refractivity contribution is 0.102. The second-order valence-electron chi connectivity index (χ2n) is 5.98. The van der Waals surface area contributed by atoms with Crippen LogP contribution in [-0.4, -0.2) is 25.2 Å². The van der Waals surface area contributed by atoms with E-state index in [4.69, 9.17) is 14.2 Å². The topological polar surface area (TPSA) is 77.0 Å². The number of amides is 1. The molecule has 0 heterocycles. The number of carbonyl (C=O) groups is 1. The Morgan fingerprint density at radius 1 is 0.893 bits per heavy atom. The lowest BCUT2D eigenvalue weighted by Gasteiger charge is -2.13. The first-order valence-electron chi connectivity index (χ1n) is 8.64. The van der Waals surface area contributed by atoms with E-state index in [1.54, 1.807) is 30.3 Å². The van der Waals surface area contributed by atoms with Crippen molar-refractivity contribution in [1.29, 1.82) is 0 Å². The summed E-state index contributed by atoms with van der Waals surface area (Å²) < 4.78 is 16.2. The van der Waals surface area contributed by atoms with Gasteiger partial charge in [-0.3, -0.25) is 4.79 Å². The van der Waals surface area contributed by atoms with Gasteiger partial charge in [-0.05, 0) is 35.9 Å². The van der Waals surface area contributed by atoms with Crippen LogP contribution in [0.3, 0.4) is 0 Å². The van der Waals surface area contributed by atoms with Crippen molar-refractivity contribution in [3.05, 3.63) is 77.9 Å². The Morgan fingerprint density at radius 3 is 2.29 bits per heavy atom. The molecule has 0 saturated carbocycles. The van der Waals surface area contributed by atoms with Gasteiger partial charge < -0.3 is 24.6 Å². The van der Waals surface area contributed by atoms with E-state index in [2.05, 4.69) is 5.32 Å². The van der Waals surface area contributed by atoms with Crippen LogP contribution in [0, 0.1) is 0 Å². The summed E-state index contributed by atoms with van der Waals surface area (Å²) in [6, 6.07) is 19.4. The summed E-state index contributed by atoms with van der Waals surface area (Å²) >= 11 is 0. The zero-order valence-electron chi connectivity index (χ0n) is 15.6. The third-order valence-corrected chi connectivity index (χ3v) is 4.10. The van der Waals surface area contributed by atoms with Crippen LogP contribution in [0.15, 0.2) is 66.7 Å². The quantitative estimate of drug-likeness (QED) is 0.642. The summed E-state index contributed by atoms with van der Waals surface area (Å²) in [5.41, 5.74) is 1.89. The second-order valence-corrected chi connectivity index (χ2v) is 5.98. The first-order chi connectivity index (χ1) is 13.6. The molecule has 0 aliphatic rings. The maximum Gasteiger partial charge on any atom is 0.255 e. The van der Waals surface area contributed by atoms with E-state index in [0.717, 1.165) is 5.56 Å². The maximum absolute atomic E-state index is 12.5. The molecule has 0 atom stereocenters. The molecular formula is C22H21NO5. The number of anilines is 1. The van der Waals surface area contributed by atoms with Crippen molar-refractivity contribution in [1.82, 2.24) is 0 Å². The number of benzene rings is 3. The molecule has 6 heteroatoms. The summed E-state index contributed by atoms with van der Waals surface area (Å²) in [4.78, 5) is 12.5. The van der Waals surface area contributed by atoms with E-state index in [0.29, 0.717) is 35.1 Å². The molecule has 0 bridgehead atoms. The van der Waals surface area contributed by atoms with Gasteiger partial charge in [-0.15, -0.1) is 0 Å². The Balaban J connectivity index is 1.71. The maximum atomic E-state index is 12.5. The van der Waals surface area contributed by atoms with Crippen LogP contribution in [0.5, 0.6) is 23.0 Å². The highest BCUT2D eigenvalue weighted by Crippen LogP contribution is 2.31. The molecule has 0 radical (unpaired) electrons. The highest BCUT2D eigenvalue weighted by molar-refractivity contribution is 6.04. The number of phenolic OH excluding ortho intramolecular Hbond substituents is 1. The number of phenols is 1. The average molecular weight is 379 g/mol. The normalized spacial score (nSPS) is 10.2. The fourth-order valence-electron chi connectivity index (χ4n) is 2.63. The third-order valence-electron chi connectivity index (χ3n) is 4.10. The van der Waals surface area contributed by atoms with E-state index >= 15 is 0 Å². The molecule has 0 aliphatic heterocycles. The van der Waals surface area contributed by atoms with Gasteiger partial charge in [-0.2, -0.15) is 0 Å². The molecule has 0 unspecified atom stereocenters. The molecule has 2 N–H and O–H groups in total. The molecule has 1 amide bonds. The average Bonchev–Trinajstić information content (AvgIpc) is 2.73. The van der Waals surface area contributed by atoms with Crippen LogP contribution in [0.1, 0.15) is 15.9 Å². The summed E-state index contributed by atoms with van der Waals surface area (Å²) in [7, 11) is 2.98. The van der Waals surface area contributed by atoms with Gasteiger partial charge in [0.15, 0.2) is 23.0 Å². The molecule has 0 fully saturated rings. The van der Waals surface area contributed by atoms with Crippen LogP contribution in [0.4, 0.5) is 5.69 Å². The van der Waals surface area contributed by atoms with Crippen molar-refractivity contribution in [2.45, 2.75) is 6.61 Å². The predicted octanol–water partition coefficient (Wildman–Crippen LogP) is 4.24. The molecule has 3 rings (SSSR count). The summed E-state index contributed by atoms with van der Waals surface area (Å²) in [6.45, 7) is 0.397. The van der Waals surface area contributed by atoms with Gasteiger partial charge in [-0.1, -0.05) is 30.3 Å². The zero-order chi connectivity index (χ0) is 19.9. The Labute approximate surface area is 163 Å². The molecule has 0 aliphatic carbocycles. The van der Waals surface area contributed by atoms with E-state index in [1.165, 1.54) is 20.3 Å². The molecule has 144 valence electrons. The van der Waals surface area contributed by atoms with Crippen molar-refractivity contribution < 1.29 is 24.1 Å². The first-order valence-corrected chi connectivity index (χ1v) is 8.64. The molecule has 3 aromatic carbocycles. The van der Waals surface area contributed by atoms with Crippen molar-refractivity contribution in [2.24, 2.45) is 0 Å². The van der Waals surface area contributed by atoms with Crippen LogP contribution in [0.2, 0.25) is 0 Å². The van der Waals surface area contributed by atoms with Crippen LogP contribution in [0.25, 0.3) is 0 Å². The van der Waals surface area contributed by atoms with Gasteiger partial charge in [0.1, 0.15) is 6.61 Å². The van der Waals surface area contributed by atoms with Crippen molar-refractivity contribution >= 4 is 11.6 Å². The second kappa shape index (κ2) is 8.81. The minimum absolute atomic E-state index is 0.0532. The minimum Gasteiger partial charge on any atom is -0.504 e. The number of ether oxygens (including phenoxy) is 3. The molecule has 6 nitrogen and oxygen atoms in total. The lowest BCUT2D eigenvalue weighted by atomic mass is 10.1. The van der Waals surface area contributed by atoms with Crippen LogP contribution in [-0.2, 0) is 6.61 Å². The number of hydrogen-bond acceptors (Lipinski definition) is 5. The van der Waals surface area contributed by atoms with Gasteiger partial charge in [0.05, 0.1) is 14.2 Å². The fraction of sp³-hybridized carbons (Fsp3) is 0.136. The van der Waals surface area contributed by atoms with Gasteiger partial charge in [-0.25, -0.2) is 0 Å². The highest BCUT2D eigenvalue weighted by atomic mass is 16.5. The molecule has 0 aromatic heterocycles. The van der Waals surface area contributed by atoms with E-state index in [9.17, 15) is 9.90 Å². The van der Waals surface area contributed by atoms with Crippen molar-refractivity contribution in [3.8, 4) is 23.0 Å². The largest absolute Gasteiger partial charge is 0.504 e. The zero-order valence-corrected chi connectivity index (χ0v) is 15.6. The molecular weight excluding hydrogens is 358 g/mol. The Morgan fingerprint density at radius 2 is 1.61 bits per heavy atom. The number of nitrogens with one attached hydrogen (secondary N) is 1. The van der Waals surface area contributed by atoms with Crippen LogP contribution >= 0.6 is 0 Å². The van der Waals surface area contributed by atoms with Gasteiger partial charge >= 0.3 is 0 Å². The van der Waals surface area contributed by atoms with E-state index in [1.807, 2.05) is 30.3 Å². The van der Waals surface area contributed by atoms with Gasteiger partial charge in [0.2, 0.25) is 0 Å². The monoisotopic (exact) mass is 379 g/mol. The predicted molar refractivity (Wildman–Crippen MR) is 106 cm³/mol. The van der Waals surface area contributed by atoms with Gasteiger partial charge in [0.25, 0.3) is 5.91 Å². The highest BCUT2D eigenvalue weighted by Gasteiger charge is 2.13. The molecule has 0 spiro atoms. The number of aromatic hydroxyl groups is 1. The number of carbonyl (C=O) groups excluding carboxylic acids is 1. The number of hydrogen-bond donors (Lipinski definition) is 2. The Bertz CT molecular complexity index is 956. The van der Waals surface area contributed by atoms with E-state index in [-0.39, 0.29) is 11.7 Å². The first kappa shape index (κ1) is 19.1. The molecule has 28 heavy (non-hydrogen) atoms. The van der Waals surface area contributed by atoms with Crippen molar-refractivity contribution in [2.75, 3.05) is 19.5 Å². The summed E-state index contributed by atoms with van der Waals surface area (Å²) in [5, 5.41) is 12.6. The van der Waals surface area contributed by atoms with Crippen molar-refractivity contribution in [3.63, 3.8) is 0 Å². The van der Waals surface area contributed by atoms with E-state index < -0.39 is 0 Å². The van der Waals surface area contributed by atoms with Crippen LogP contribution < -0.4 is 19.5 Å².